The second-order valence-electron chi connectivity index (χ2n) is 5.66. The number of nitrogens with zero attached hydrogens (tertiary/aromatic N) is 1. The first kappa shape index (κ1) is 17.1. The van der Waals surface area contributed by atoms with Crippen LogP contribution in [0.15, 0.2) is 24.3 Å². The molecular weight excluding hydrogens is 300 g/mol. The van der Waals surface area contributed by atoms with Gasteiger partial charge in [0.2, 0.25) is 0 Å². The Bertz CT molecular complexity index is 427. The van der Waals surface area contributed by atoms with Crippen LogP contribution in [0.5, 0.6) is 0 Å². The van der Waals surface area contributed by atoms with Gasteiger partial charge in [0.1, 0.15) is 0 Å². The number of hydrogen-bond acceptors (Lipinski definition) is 3. The van der Waals surface area contributed by atoms with Gasteiger partial charge in [-0.2, -0.15) is 11.8 Å². The number of hydrogen-bond donors (Lipinski definition) is 1. The Morgan fingerprint density at radius 1 is 1.43 bits per heavy atom. The van der Waals surface area contributed by atoms with E-state index in [0.717, 1.165) is 23.2 Å². The molecule has 1 N–H and O–H groups in total. The van der Waals surface area contributed by atoms with Crippen LogP contribution in [0.2, 0.25) is 5.02 Å². The summed E-state index contributed by atoms with van der Waals surface area (Å²) in [5.41, 5.74) is 1.31. The molecule has 0 saturated carbocycles. The molecule has 1 fully saturated rings. The van der Waals surface area contributed by atoms with Crippen molar-refractivity contribution in [1.82, 2.24) is 10.2 Å². The predicted octanol–water partition coefficient (Wildman–Crippen LogP) is 4.21. The SMILES string of the molecule is CCNC(CCN1CCSC(CC)C1)c1cccc(Cl)c1. The summed E-state index contributed by atoms with van der Waals surface area (Å²) in [7, 11) is 0. The maximum Gasteiger partial charge on any atom is 0.0409 e. The van der Waals surface area contributed by atoms with E-state index in [2.05, 4.69) is 48.0 Å². The molecule has 0 spiro atoms. The molecule has 1 saturated heterocycles. The zero-order chi connectivity index (χ0) is 15.1. The van der Waals surface area contributed by atoms with E-state index in [1.807, 2.05) is 12.1 Å². The molecule has 2 unspecified atom stereocenters. The number of rotatable bonds is 7. The molecule has 1 heterocycles. The monoisotopic (exact) mass is 326 g/mol. The van der Waals surface area contributed by atoms with Gasteiger partial charge < -0.3 is 10.2 Å². The van der Waals surface area contributed by atoms with E-state index in [9.17, 15) is 0 Å². The van der Waals surface area contributed by atoms with Crippen molar-refractivity contribution in [2.45, 2.75) is 38.0 Å². The molecule has 1 aliphatic heterocycles. The van der Waals surface area contributed by atoms with Gasteiger partial charge in [0.25, 0.3) is 0 Å². The van der Waals surface area contributed by atoms with Crippen molar-refractivity contribution in [3.63, 3.8) is 0 Å². The minimum Gasteiger partial charge on any atom is -0.310 e. The van der Waals surface area contributed by atoms with Gasteiger partial charge in [-0.05, 0) is 37.1 Å². The first-order chi connectivity index (χ1) is 10.2. The Hall–Kier alpha value is -0.220. The molecular formula is C17H27ClN2S. The first-order valence-electron chi connectivity index (χ1n) is 8.05. The van der Waals surface area contributed by atoms with E-state index < -0.39 is 0 Å². The molecule has 0 radical (unpaired) electrons. The lowest BCUT2D eigenvalue weighted by Gasteiger charge is -2.33. The highest BCUT2D eigenvalue weighted by molar-refractivity contribution is 8.00. The molecule has 1 aromatic rings. The van der Waals surface area contributed by atoms with Crippen LogP contribution < -0.4 is 5.32 Å². The van der Waals surface area contributed by atoms with E-state index in [1.165, 1.54) is 37.4 Å². The van der Waals surface area contributed by atoms with Gasteiger partial charge in [-0.25, -0.2) is 0 Å². The summed E-state index contributed by atoms with van der Waals surface area (Å²) in [4.78, 5) is 2.62. The fourth-order valence-electron chi connectivity index (χ4n) is 2.90. The van der Waals surface area contributed by atoms with Crippen LogP contribution in [-0.4, -0.2) is 42.1 Å². The third-order valence-electron chi connectivity index (χ3n) is 4.11. The minimum atomic E-state index is 0.406. The highest BCUT2D eigenvalue weighted by atomic mass is 35.5. The van der Waals surface area contributed by atoms with Crippen molar-refractivity contribution >= 4 is 23.4 Å². The number of nitrogens with one attached hydrogen (secondary N) is 1. The van der Waals surface area contributed by atoms with Crippen molar-refractivity contribution in [2.24, 2.45) is 0 Å². The Balaban J connectivity index is 1.91. The normalized spacial score (nSPS) is 21.4. The maximum absolute atomic E-state index is 6.13. The summed E-state index contributed by atoms with van der Waals surface area (Å²) in [6.07, 6.45) is 2.43. The molecule has 2 atom stereocenters. The maximum atomic E-state index is 6.13. The van der Waals surface area contributed by atoms with Gasteiger partial charge >= 0.3 is 0 Å². The Kier molecular flexibility index (Phi) is 7.38. The summed E-state index contributed by atoms with van der Waals surface area (Å²) in [6.45, 7) is 9.10. The van der Waals surface area contributed by atoms with Crippen molar-refractivity contribution in [2.75, 3.05) is 31.9 Å². The van der Waals surface area contributed by atoms with Crippen molar-refractivity contribution < 1.29 is 0 Å². The van der Waals surface area contributed by atoms with Gasteiger partial charge in [0, 0.05) is 41.7 Å². The standard InChI is InChI=1S/C17H27ClN2S/c1-3-16-13-20(10-11-21-16)9-8-17(19-4-2)14-6-5-7-15(18)12-14/h5-7,12,16-17,19H,3-4,8-11,13H2,1-2H3. The van der Waals surface area contributed by atoms with Gasteiger partial charge in [-0.15, -0.1) is 0 Å². The molecule has 1 aromatic carbocycles. The van der Waals surface area contributed by atoms with Crippen molar-refractivity contribution in [3.8, 4) is 0 Å². The summed E-state index contributed by atoms with van der Waals surface area (Å²) in [5, 5.41) is 5.25. The number of benzene rings is 1. The quantitative estimate of drug-likeness (QED) is 0.808. The Morgan fingerprint density at radius 2 is 2.29 bits per heavy atom. The summed E-state index contributed by atoms with van der Waals surface area (Å²) in [5.74, 6) is 1.28. The lowest BCUT2D eigenvalue weighted by molar-refractivity contribution is 0.263. The predicted molar refractivity (Wildman–Crippen MR) is 95.5 cm³/mol. The van der Waals surface area contributed by atoms with E-state index in [1.54, 1.807) is 0 Å². The summed E-state index contributed by atoms with van der Waals surface area (Å²) < 4.78 is 0. The Labute approximate surface area is 138 Å². The van der Waals surface area contributed by atoms with Crippen LogP contribution in [0, 0.1) is 0 Å². The van der Waals surface area contributed by atoms with E-state index >= 15 is 0 Å². The molecule has 2 nitrogen and oxygen atoms in total. The molecule has 1 aliphatic rings. The number of thioether (sulfide) groups is 1. The molecule has 0 aromatic heterocycles. The lowest BCUT2D eigenvalue weighted by Crippen LogP contribution is -2.39. The highest BCUT2D eigenvalue weighted by Crippen LogP contribution is 2.24. The van der Waals surface area contributed by atoms with Crippen LogP contribution >= 0.6 is 23.4 Å². The van der Waals surface area contributed by atoms with Crippen LogP contribution in [0.3, 0.4) is 0 Å². The average Bonchev–Trinajstić information content (AvgIpc) is 2.51. The molecule has 118 valence electrons. The third kappa shape index (κ3) is 5.48. The minimum absolute atomic E-state index is 0.406. The zero-order valence-electron chi connectivity index (χ0n) is 13.1. The average molecular weight is 327 g/mol. The highest BCUT2D eigenvalue weighted by Gasteiger charge is 2.20. The van der Waals surface area contributed by atoms with E-state index in [0.29, 0.717) is 6.04 Å². The van der Waals surface area contributed by atoms with Gasteiger partial charge in [-0.1, -0.05) is 37.6 Å². The molecule has 2 rings (SSSR count). The smallest absolute Gasteiger partial charge is 0.0409 e. The van der Waals surface area contributed by atoms with Gasteiger partial charge in [0.05, 0.1) is 0 Å². The van der Waals surface area contributed by atoms with E-state index in [4.69, 9.17) is 11.6 Å². The van der Waals surface area contributed by atoms with Gasteiger partial charge in [0.15, 0.2) is 0 Å². The number of halogens is 1. The second-order valence-corrected chi connectivity index (χ2v) is 7.50. The third-order valence-corrected chi connectivity index (χ3v) is 5.72. The van der Waals surface area contributed by atoms with Gasteiger partial charge in [-0.3, -0.25) is 0 Å². The molecule has 0 amide bonds. The van der Waals surface area contributed by atoms with Crippen LogP contribution in [0.1, 0.15) is 38.3 Å². The fourth-order valence-corrected chi connectivity index (χ4v) is 4.35. The fraction of sp³-hybridized carbons (Fsp3) is 0.647. The van der Waals surface area contributed by atoms with Crippen LogP contribution in [0.25, 0.3) is 0 Å². The Morgan fingerprint density at radius 3 is 3.00 bits per heavy atom. The zero-order valence-corrected chi connectivity index (χ0v) is 14.7. The van der Waals surface area contributed by atoms with Crippen LogP contribution in [-0.2, 0) is 0 Å². The van der Waals surface area contributed by atoms with E-state index in [-0.39, 0.29) is 0 Å². The lowest BCUT2D eigenvalue weighted by atomic mass is 10.0. The first-order valence-corrected chi connectivity index (χ1v) is 9.48. The molecule has 0 aliphatic carbocycles. The van der Waals surface area contributed by atoms with Crippen molar-refractivity contribution in [3.05, 3.63) is 34.9 Å². The summed E-state index contributed by atoms with van der Waals surface area (Å²) in [6, 6.07) is 8.67. The van der Waals surface area contributed by atoms with Crippen LogP contribution in [0.4, 0.5) is 0 Å². The molecule has 21 heavy (non-hydrogen) atoms. The second kappa shape index (κ2) is 9.04. The summed E-state index contributed by atoms with van der Waals surface area (Å²) >= 11 is 8.27. The molecule has 0 bridgehead atoms. The molecule has 4 heteroatoms. The topological polar surface area (TPSA) is 15.3 Å². The van der Waals surface area contributed by atoms with Crippen molar-refractivity contribution in [1.29, 1.82) is 0 Å². The largest absolute Gasteiger partial charge is 0.310 e.